The van der Waals surface area contributed by atoms with Gasteiger partial charge in [-0.1, -0.05) is 12.1 Å². The van der Waals surface area contributed by atoms with Crippen LogP contribution in [0.1, 0.15) is 5.56 Å². The van der Waals surface area contributed by atoms with Crippen LogP contribution in [0.3, 0.4) is 0 Å². The molecule has 0 radical (unpaired) electrons. The average Bonchev–Trinajstić information content (AvgIpc) is 2.75. The lowest BCUT2D eigenvalue weighted by atomic mass is 10.1. The Kier molecular flexibility index (Phi) is 6.52. The zero-order chi connectivity index (χ0) is 20.6. The molecule has 0 saturated heterocycles. The van der Waals surface area contributed by atoms with Crippen molar-refractivity contribution in [3.63, 3.8) is 0 Å². The lowest BCUT2D eigenvalue weighted by Gasteiger charge is -2.10. The van der Waals surface area contributed by atoms with Gasteiger partial charge < -0.3 is 24.8 Å². The van der Waals surface area contributed by atoms with E-state index in [0.29, 0.717) is 17.3 Å². The summed E-state index contributed by atoms with van der Waals surface area (Å²) < 4.78 is 15.7. The topological polar surface area (TPSA) is 81.7 Å². The fourth-order valence-electron chi connectivity index (χ4n) is 2.77. The molecule has 0 aliphatic heterocycles. The predicted octanol–water partition coefficient (Wildman–Crippen LogP) is 4.03. The van der Waals surface area contributed by atoms with Crippen LogP contribution >= 0.6 is 0 Å². The van der Waals surface area contributed by atoms with E-state index in [1.165, 1.54) is 0 Å². The van der Waals surface area contributed by atoms with Gasteiger partial charge in [-0.3, -0.25) is 4.79 Å². The number of methoxy groups -OCH3 is 3. The molecule has 0 unspecified atom stereocenters. The number of pyridine rings is 1. The molecule has 0 bridgehead atoms. The molecule has 29 heavy (non-hydrogen) atoms. The summed E-state index contributed by atoms with van der Waals surface area (Å²) in [5, 5.41) is 6.04. The van der Waals surface area contributed by atoms with Gasteiger partial charge in [0.2, 0.25) is 5.91 Å². The Morgan fingerprint density at radius 3 is 2.41 bits per heavy atom. The highest BCUT2D eigenvalue weighted by molar-refractivity contribution is 5.91. The zero-order valence-corrected chi connectivity index (χ0v) is 16.6. The number of ether oxygens (including phenoxy) is 3. The maximum absolute atomic E-state index is 12.3. The standard InChI is InChI=1S/C22H23N3O4/c1-27-18-6-4-5-16(13-18)24-17-8-10-21(23-14-17)25-22(26)12-15-7-9-19(28-2)20(11-15)29-3/h4-11,13-14,24H,12H2,1-3H3,(H,23,25,26). The highest BCUT2D eigenvalue weighted by Gasteiger charge is 2.09. The van der Waals surface area contributed by atoms with Crippen molar-refractivity contribution in [3.05, 3.63) is 66.4 Å². The number of aromatic nitrogens is 1. The van der Waals surface area contributed by atoms with Crippen LogP contribution < -0.4 is 24.8 Å². The van der Waals surface area contributed by atoms with Gasteiger partial charge in [0, 0.05) is 11.8 Å². The number of carbonyl (C=O) groups is 1. The molecule has 7 heteroatoms. The summed E-state index contributed by atoms with van der Waals surface area (Å²) in [6.07, 6.45) is 1.86. The third-order valence-corrected chi connectivity index (χ3v) is 4.20. The van der Waals surface area contributed by atoms with Gasteiger partial charge in [-0.2, -0.15) is 0 Å². The first kappa shape index (κ1) is 20.0. The van der Waals surface area contributed by atoms with Crippen molar-refractivity contribution in [2.45, 2.75) is 6.42 Å². The van der Waals surface area contributed by atoms with Gasteiger partial charge in [-0.25, -0.2) is 4.98 Å². The van der Waals surface area contributed by atoms with Gasteiger partial charge in [-0.15, -0.1) is 0 Å². The van der Waals surface area contributed by atoms with E-state index in [1.807, 2.05) is 36.4 Å². The zero-order valence-electron chi connectivity index (χ0n) is 16.6. The highest BCUT2D eigenvalue weighted by Crippen LogP contribution is 2.28. The Hall–Kier alpha value is -3.74. The molecular weight excluding hydrogens is 370 g/mol. The number of rotatable bonds is 8. The molecule has 0 aliphatic rings. The average molecular weight is 393 g/mol. The summed E-state index contributed by atoms with van der Waals surface area (Å²) >= 11 is 0. The number of hydrogen-bond donors (Lipinski definition) is 2. The molecule has 0 aliphatic carbocycles. The van der Waals surface area contributed by atoms with Crippen molar-refractivity contribution in [3.8, 4) is 17.2 Å². The van der Waals surface area contributed by atoms with Crippen LogP contribution in [0.2, 0.25) is 0 Å². The summed E-state index contributed by atoms with van der Waals surface area (Å²) in [4.78, 5) is 16.6. The molecular formula is C22H23N3O4. The second-order valence-electron chi connectivity index (χ2n) is 6.20. The van der Waals surface area contributed by atoms with E-state index in [4.69, 9.17) is 14.2 Å². The van der Waals surface area contributed by atoms with Gasteiger partial charge in [0.1, 0.15) is 11.6 Å². The van der Waals surface area contributed by atoms with Crippen LogP contribution in [0.4, 0.5) is 17.2 Å². The van der Waals surface area contributed by atoms with E-state index < -0.39 is 0 Å². The van der Waals surface area contributed by atoms with Gasteiger partial charge in [-0.05, 0) is 42.0 Å². The summed E-state index contributed by atoms with van der Waals surface area (Å²) in [5.74, 6) is 2.29. The van der Waals surface area contributed by atoms with Crippen molar-refractivity contribution < 1.29 is 19.0 Å². The summed E-state index contributed by atoms with van der Waals surface area (Å²) in [6.45, 7) is 0. The monoisotopic (exact) mass is 393 g/mol. The minimum Gasteiger partial charge on any atom is -0.497 e. The molecule has 1 aromatic heterocycles. The number of amides is 1. The first-order chi connectivity index (χ1) is 14.1. The third-order valence-electron chi connectivity index (χ3n) is 4.20. The van der Waals surface area contributed by atoms with E-state index in [1.54, 1.807) is 45.7 Å². The summed E-state index contributed by atoms with van der Waals surface area (Å²) in [7, 11) is 4.76. The Labute approximate surface area is 169 Å². The van der Waals surface area contributed by atoms with Gasteiger partial charge >= 0.3 is 0 Å². The van der Waals surface area contributed by atoms with Crippen LogP contribution in [-0.4, -0.2) is 32.2 Å². The van der Waals surface area contributed by atoms with E-state index in [9.17, 15) is 4.79 Å². The minimum atomic E-state index is -0.168. The molecule has 150 valence electrons. The lowest BCUT2D eigenvalue weighted by Crippen LogP contribution is -2.15. The lowest BCUT2D eigenvalue weighted by molar-refractivity contribution is -0.115. The molecule has 1 heterocycles. The van der Waals surface area contributed by atoms with Crippen molar-refractivity contribution in [2.24, 2.45) is 0 Å². The van der Waals surface area contributed by atoms with Crippen molar-refractivity contribution >= 4 is 23.1 Å². The first-order valence-corrected chi connectivity index (χ1v) is 8.99. The van der Waals surface area contributed by atoms with E-state index in [2.05, 4.69) is 15.6 Å². The number of carbonyl (C=O) groups excluding carboxylic acids is 1. The Morgan fingerprint density at radius 1 is 0.897 bits per heavy atom. The quantitative estimate of drug-likeness (QED) is 0.601. The number of nitrogens with zero attached hydrogens (tertiary/aromatic N) is 1. The molecule has 7 nitrogen and oxygen atoms in total. The molecule has 0 saturated carbocycles. The number of hydrogen-bond acceptors (Lipinski definition) is 6. The molecule has 0 fully saturated rings. The molecule has 2 N–H and O–H groups in total. The van der Waals surface area contributed by atoms with Crippen molar-refractivity contribution in [2.75, 3.05) is 32.0 Å². The predicted molar refractivity (Wildman–Crippen MR) is 112 cm³/mol. The molecule has 0 atom stereocenters. The highest BCUT2D eigenvalue weighted by atomic mass is 16.5. The maximum Gasteiger partial charge on any atom is 0.229 e. The van der Waals surface area contributed by atoms with Crippen LogP contribution in [-0.2, 0) is 11.2 Å². The Morgan fingerprint density at radius 2 is 1.72 bits per heavy atom. The van der Waals surface area contributed by atoms with Crippen LogP contribution in [0.5, 0.6) is 17.2 Å². The van der Waals surface area contributed by atoms with E-state index >= 15 is 0 Å². The normalized spacial score (nSPS) is 10.2. The Bertz CT molecular complexity index is 974. The fraction of sp³-hybridized carbons (Fsp3) is 0.182. The van der Waals surface area contributed by atoms with E-state index in [-0.39, 0.29) is 12.3 Å². The smallest absolute Gasteiger partial charge is 0.229 e. The number of benzene rings is 2. The van der Waals surface area contributed by atoms with Crippen molar-refractivity contribution in [1.29, 1.82) is 0 Å². The third kappa shape index (κ3) is 5.38. The van der Waals surface area contributed by atoms with Gasteiger partial charge in [0.25, 0.3) is 0 Å². The van der Waals surface area contributed by atoms with Gasteiger partial charge in [0.05, 0.1) is 39.6 Å². The van der Waals surface area contributed by atoms with Crippen LogP contribution in [0.25, 0.3) is 0 Å². The van der Waals surface area contributed by atoms with Crippen molar-refractivity contribution in [1.82, 2.24) is 4.98 Å². The number of anilines is 3. The SMILES string of the molecule is COc1cccc(Nc2ccc(NC(=O)Cc3ccc(OC)c(OC)c3)nc2)c1. The fourth-order valence-corrected chi connectivity index (χ4v) is 2.77. The van der Waals surface area contributed by atoms with E-state index in [0.717, 1.165) is 22.7 Å². The van der Waals surface area contributed by atoms with Crippen LogP contribution in [0, 0.1) is 0 Å². The maximum atomic E-state index is 12.3. The molecule has 0 spiro atoms. The van der Waals surface area contributed by atoms with Crippen LogP contribution in [0.15, 0.2) is 60.8 Å². The second kappa shape index (κ2) is 9.45. The summed E-state index contributed by atoms with van der Waals surface area (Å²) in [5.41, 5.74) is 2.50. The molecule has 3 aromatic rings. The second-order valence-corrected chi connectivity index (χ2v) is 6.20. The molecule has 3 rings (SSSR count). The van der Waals surface area contributed by atoms with Gasteiger partial charge in [0.15, 0.2) is 11.5 Å². The first-order valence-electron chi connectivity index (χ1n) is 8.99. The number of nitrogens with one attached hydrogen (secondary N) is 2. The Balaban J connectivity index is 1.59. The molecule has 2 aromatic carbocycles. The molecule has 1 amide bonds. The largest absolute Gasteiger partial charge is 0.497 e. The minimum absolute atomic E-state index is 0.168. The summed E-state index contributed by atoms with van der Waals surface area (Å²) in [6, 6.07) is 16.6.